The van der Waals surface area contributed by atoms with Crippen LogP contribution in [0.25, 0.3) is 0 Å². The van der Waals surface area contributed by atoms with Crippen LogP contribution < -0.4 is 14.8 Å². The maximum atomic E-state index is 12.5. The van der Waals surface area contributed by atoms with Crippen LogP contribution in [0.3, 0.4) is 0 Å². The lowest BCUT2D eigenvalue weighted by Crippen LogP contribution is -2.16. The Hall–Kier alpha value is -2.42. The number of methoxy groups -OCH3 is 1. The third-order valence-corrected chi connectivity index (χ3v) is 5.85. The number of benzene rings is 2. The van der Waals surface area contributed by atoms with Crippen molar-refractivity contribution in [3.05, 3.63) is 58.3 Å². The molecule has 0 aliphatic carbocycles. The molecular weight excluding hydrogens is 459 g/mol. The molecule has 3 aromatic rings. The molecule has 1 amide bonds. The van der Waals surface area contributed by atoms with Crippen LogP contribution in [-0.4, -0.2) is 33.5 Å². The summed E-state index contributed by atoms with van der Waals surface area (Å²) in [6.45, 7) is 4.49. The number of carbonyl (C=O) groups excluding carboxylic acids is 1. The number of ether oxygens (including phenoxy) is 2. The maximum Gasteiger partial charge on any atom is 0.234 e. The van der Waals surface area contributed by atoms with E-state index in [1.54, 1.807) is 30.3 Å². The molecule has 164 valence electrons. The Morgan fingerprint density at radius 2 is 1.97 bits per heavy atom. The number of carbonyl (C=O) groups is 1. The molecule has 1 aromatic heterocycles. The summed E-state index contributed by atoms with van der Waals surface area (Å²) < 4.78 is 13.1. The minimum atomic E-state index is -0.369. The zero-order chi connectivity index (χ0) is 22.4. The van der Waals surface area contributed by atoms with Gasteiger partial charge in [-0.25, -0.2) is 0 Å². The van der Waals surface area contributed by atoms with Crippen molar-refractivity contribution in [3.8, 4) is 11.5 Å². The Bertz CT molecular complexity index is 1060. The number of hydrogen-bond donors (Lipinski definition) is 1. The molecule has 7 nitrogen and oxygen atoms in total. The first-order valence-corrected chi connectivity index (χ1v) is 11.3. The van der Waals surface area contributed by atoms with E-state index in [9.17, 15) is 4.79 Å². The fraction of sp³-hybridized carbons (Fsp3) is 0.286. The summed E-state index contributed by atoms with van der Waals surface area (Å²) in [5.41, 5.74) is 0.514. The number of thioether (sulfide) groups is 1. The Labute approximate surface area is 195 Å². The van der Waals surface area contributed by atoms with Gasteiger partial charge in [-0.15, -0.1) is 10.2 Å². The van der Waals surface area contributed by atoms with Crippen molar-refractivity contribution in [1.82, 2.24) is 14.8 Å². The first kappa shape index (κ1) is 23.2. The van der Waals surface area contributed by atoms with E-state index in [-0.39, 0.29) is 17.8 Å². The lowest BCUT2D eigenvalue weighted by molar-refractivity contribution is -0.113. The number of amides is 1. The Kier molecular flexibility index (Phi) is 8.06. The fourth-order valence-corrected chi connectivity index (χ4v) is 4.04. The summed E-state index contributed by atoms with van der Waals surface area (Å²) in [4.78, 5) is 12.5. The molecule has 0 spiro atoms. The second kappa shape index (κ2) is 10.7. The lowest BCUT2D eigenvalue weighted by atomic mass is 10.3. The molecule has 0 saturated heterocycles. The highest BCUT2D eigenvalue weighted by Crippen LogP contribution is 2.30. The van der Waals surface area contributed by atoms with Crippen LogP contribution in [0.4, 0.5) is 5.69 Å². The van der Waals surface area contributed by atoms with Crippen molar-refractivity contribution in [2.24, 2.45) is 0 Å². The average Bonchev–Trinajstić information content (AvgIpc) is 3.17. The smallest absolute Gasteiger partial charge is 0.234 e. The van der Waals surface area contributed by atoms with Gasteiger partial charge in [0, 0.05) is 11.6 Å². The van der Waals surface area contributed by atoms with Gasteiger partial charge in [0.25, 0.3) is 0 Å². The quantitative estimate of drug-likeness (QED) is 0.408. The van der Waals surface area contributed by atoms with Crippen molar-refractivity contribution < 1.29 is 14.3 Å². The van der Waals surface area contributed by atoms with E-state index >= 15 is 0 Å². The van der Waals surface area contributed by atoms with Crippen molar-refractivity contribution in [2.45, 2.75) is 31.7 Å². The Morgan fingerprint density at radius 1 is 1.19 bits per heavy atom. The lowest BCUT2D eigenvalue weighted by Gasteiger charge is -2.16. The molecule has 2 aromatic carbocycles. The zero-order valence-electron chi connectivity index (χ0n) is 17.3. The van der Waals surface area contributed by atoms with E-state index in [0.717, 1.165) is 0 Å². The summed E-state index contributed by atoms with van der Waals surface area (Å²) in [6, 6.07) is 12.3. The number of nitrogens with zero attached hydrogens (tertiary/aromatic N) is 3. The zero-order valence-corrected chi connectivity index (χ0v) is 19.6. The first-order chi connectivity index (χ1) is 14.9. The largest absolute Gasteiger partial charge is 0.495 e. The highest BCUT2D eigenvalue weighted by molar-refractivity contribution is 7.99. The van der Waals surface area contributed by atoms with Gasteiger partial charge in [-0.3, -0.25) is 4.79 Å². The van der Waals surface area contributed by atoms with Crippen molar-refractivity contribution in [2.75, 3.05) is 18.2 Å². The number of para-hydroxylation sites is 1. The molecule has 0 bridgehead atoms. The standard InChI is InChI=1S/C21H22Cl2N4O3S/c1-4-27-20(13(2)30-17-8-6-5-7-15(17)23)25-26-21(27)31-12-19(28)24-16-11-14(22)9-10-18(16)29-3/h5-11,13H,4,12H2,1-3H3,(H,24,28)/t13-/m1/s1. The summed E-state index contributed by atoms with van der Waals surface area (Å²) in [6.07, 6.45) is -0.369. The molecule has 1 N–H and O–H groups in total. The van der Waals surface area contributed by atoms with Crippen molar-refractivity contribution in [1.29, 1.82) is 0 Å². The van der Waals surface area contributed by atoms with E-state index < -0.39 is 0 Å². The molecule has 0 saturated carbocycles. The molecular formula is C21H22Cl2N4O3S. The molecule has 31 heavy (non-hydrogen) atoms. The van der Waals surface area contributed by atoms with E-state index in [1.165, 1.54) is 18.9 Å². The number of rotatable bonds is 9. The summed E-state index contributed by atoms with van der Waals surface area (Å²) in [7, 11) is 1.53. The normalized spacial score (nSPS) is 11.8. The van der Waals surface area contributed by atoms with Crippen LogP contribution in [0.15, 0.2) is 47.6 Å². The Morgan fingerprint density at radius 3 is 2.68 bits per heavy atom. The second-order valence-electron chi connectivity index (χ2n) is 6.46. The van der Waals surface area contributed by atoms with Gasteiger partial charge in [0.2, 0.25) is 5.91 Å². The minimum Gasteiger partial charge on any atom is -0.495 e. The van der Waals surface area contributed by atoms with Crippen LogP contribution in [-0.2, 0) is 11.3 Å². The average molecular weight is 481 g/mol. The number of aromatic nitrogens is 3. The highest BCUT2D eigenvalue weighted by atomic mass is 35.5. The second-order valence-corrected chi connectivity index (χ2v) is 8.24. The fourth-order valence-electron chi connectivity index (χ4n) is 2.88. The number of nitrogens with one attached hydrogen (secondary N) is 1. The molecule has 0 unspecified atom stereocenters. The van der Waals surface area contributed by atoms with Gasteiger partial charge in [-0.1, -0.05) is 47.1 Å². The topological polar surface area (TPSA) is 78.3 Å². The van der Waals surface area contributed by atoms with Crippen molar-refractivity contribution >= 4 is 46.6 Å². The molecule has 0 aliphatic rings. The molecule has 0 aliphatic heterocycles. The van der Waals surface area contributed by atoms with E-state index in [4.69, 9.17) is 32.7 Å². The molecule has 0 radical (unpaired) electrons. The number of hydrogen-bond acceptors (Lipinski definition) is 6. The van der Waals surface area contributed by atoms with Gasteiger partial charge in [0.1, 0.15) is 11.5 Å². The van der Waals surface area contributed by atoms with E-state index in [0.29, 0.717) is 44.8 Å². The van der Waals surface area contributed by atoms with Gasteiger partial charge in [0.15, 0.2) is 17.1 Å². The van der Waals surface area contributed by atoms with Gasteiger partial charge in [-0.2, -0.15) is 0 Å². The molecule has 0 fully saturated rings. The summed E-state index contributed by atoms with van der Waals surface area (Å²) in [5.74, 6) is 1.70. The summed E-state index contributed by atoms with van der Waals surface area (Å²) >= 11 is 13.5. The molecule has 1 heterocycles. The van der Waals surface area contributed by atoms with E-state index in [1.807, 2.05) is 30.5 Å². The molecule has 3 rings (SSSR count). The minimum absolute atomic E-state index is 0.146. The van der Waals surface area contributed by atoms with Crippen LogP contribution in [0.1, 0.15) is 25.8 Å². The van der Waals surface area contributed by atoms with Gasteiger partial charge in [0.05, 0.1) is 23.6 Å². The first-order valence-electron chi connectivity index (χ1n) is 9.53. The maximum absolute atomic E-state index is 12.5. The molecule has 1 atom stereocenters. The predicted octanol–water partition coefficient (Wildman–Crippen LogP) is 5.48. The summed E-state index contributed by atoms with van der Waals surface area (Å²) in [5, 5.41) is 13.0. The van der Waals surface area contributed by atoms with Crippen molar-refractivity contribution in [3.63, 3.8) is 0 Å². The number of anilines is 1. The van der Waals surface area contributed by atoms with E-state index in [2.05, 4.69) is 15.5 Å². The third kappa shape index (κ3) is 5.84. The van der Waals surface area contributed by atoms with Crippen LogP contribution in [0.2, 0.25) is 10.0 Å². The monoisotopic (exact) mass is 480 g/mol. The van der Waals surface area contributed by atoms with Crippen LogP contribution >= 0.6 is 35.0 Å². The van der Waals surface area contributed by atoms with Crippen LogP contribution in [0, 0.1) is 0 Å². The predicted molar refractivity (Wildman–Crippen MR) is 124 cm³/mol. The van der Waals surface area contributed by atoms with Crippen LogP contribution in [0.5, 0.6) is 11.5 Å². The van der Waals surface area contributed by atoms with Gasteiger partial charge < -0.3 is 19.4 Å². The van der Waals surface area contributed by atoms with Gasteiger partial charge in [-0.05, 0) is 44.2 Å². The highest BCUT2D eigenvalue weighted by Gasteiger charge is 2.20. The van der Waals surface area contributed by atoms with Gasteiger partial charge >= 0.3 is 0 Å². The molecule has 10 heteroatoms. The number of halogens is 2. The Balaban J connectivity index is 1.66. The third-order valence-electron chi connectivity index (χ3n) is 4.33. The SMILES string of the molecule is CCn1c(SCC(=O)Nc2cc(Cl)ccc2OC)nnc1[C@@H](C)Oc1ccccc1Cl.